The Bertz CT molecular complexity index is 668. The molecule has 156 valence electrons. The second kappa shape index (κ2) is 11.5. The van der Waals surface area contributed by atoms with E-state index >= 15 is 0 Å². The molecule has 0 bridgehead atoms. The molecule has 1 aromatic carbocycles. The fourth-order valence-electron chi connectivity index (χ4n) is 2.37. The first-order valence-corrected chi connectivity index (χ1v) is 10.1. The Balaban J connectivity index is 2.79. The largest absolute Gasteiger partial charge is 0.508 e. The number of hydrogen-bond donors (Lipinski definition) is 6. The molecule has 2 amide bonds. The molecule has 0 heterocycles. The maximum Gasteiger partial charge on any atom is 0.326 e. The van der Waals surface area contributed by atoms with Crippen molar-refractivity contribution in [3.05, 3.63) is 29.8 Å². The Morgan fingerprint density at radius 2 is 1.75 bits per heavy atom. The van der Waals surface area contributed by atoms with E-state index in [-0.39, 0.29) is 12.2 Å². The van der Waals surface area contributed by atoms with Crippen LogP contribution in [-0.2, 0) is 20.8 Å². The zero-order valence-electron chi connectivity index (χ0n) is 15.8. The number of amides is 2. The molecule has 9 nitrogen and oxygen atoms in total. The van der Waals surface area contributed by atoms with Crippen LogP contribution in [0.15, 0.2) is 24.3 Å². The normalized spacial score (nSPS) is 15.1. The summed E-state index contributed by atoms with van der Waals surface area (Å²) in [4.78, 5) is 36.1. The van der Waals surface area contributed by atoms with Gasteiger partial charge < -0.3 is 31.7 Å². The number of carboxylic acid groups (broad SMARTS) is 1. The topological polar surface area (TPSA) is 162 Å². The molecule has 0 aliphatic heterocycles. The van der Waals surface area contributed by atoms with Gasteiger partial charge in [0.25, 0.3) is 0 Å². The van der Waals surface area contributed by atoms with E-state index in [0.717, 1.165) is 0 Å². The summed E-state index contributed by atoms with van der Waals surface area (Å²) in [5.41, 5.74) is 6.35. The van der Waals surface area contributed by atoms with E-state index in [9.17, 15) is 29.7 Å². The summed E-state index contributed by atoms with van der Waals surface area (Å²) in [5, 5.41) is 33.3. The molecule has 10 heteroatoms. The summed E-state index contributed by atoms with van der Waals surface area (Å²) >= 11 is 1.52. The summed E-state index contributed by atoms with van der Waals surface area (Å²) < 4.78 is 0. The van der Waals surface area contributed by atoms with Gasteiger partial charge in [0, 0.05) is 6.42 Å². The third kappa shape index (κ3) is 7.75. The number of benzene rings is 1. The van der Waals surface area contributed by atoms with Gasteiger partial charge in [-0.1, -0.05) is 12.1 Å². The van der Waals surface area contributed by atoms with Crippen molar-refractivity contribution >= 4 is 29.5 Å². The Morgan fingerprint density at radius 1 is 1.14 bits per heavy atom. The van der Waals surface area contributed by atoms with Gasteiger partial charge in [-0.05, 0) is 43.0 Å². The van der Waals surface area contributed by atoms with Crippen LogP contribution in [0, 0.1) is 0 Å². The second-order valence-corrected chi connectivity index (χ2v) is 7.37. The number of aliphatic hydroxyl groups is 1. The number of phenolic OH excluding ortho intramolecular Hbond substituents is 1. The summed E-state index contributed by atoms with van der Waals surface area (Å²) in [6.45, 7) is 1.31. The standard InChI is InChI=1S/C18H27N3O6S/c1-10(22)15(21-16(24)13(19)7-8-28-2)17(25)20-14(18(26)27)9-11-3-5-12(23)6-4-11/h3-6,10,13-15,22-23H,7-9,19H2,1-2H3,(H,20,25)(H,21,24)(H,26,27). The van der Waals surface area contributed by atoms with Gasteiger partial charge in [0.15, 0.2) is 0 Å². The Hall–Kier alpha value is -2.30. The second-order valence-electron chi connectivity index (χ2n) is 6.38. The first kappa shape index (κ1) is 23.7. The van der Waals surface area contributed by atoms with Crippen LogP contribution in [0.3, 0.4) is 0 Å². The number of carbonyl (C=O) groups excluding carboxylic acids is 2. The molecule has 0 aliphatic rings. The zero-order valence-corrected chi connectivity index (χ0v) is 16.6. The third-order valence-corrected chi connectivity index (χ3v) is 4.67. The Morgan fingerprint density at radius 3 is 2.25 bits per heavy atom. The van der Waals surface area contributed by atoms with Crippen LogP contribution in [0.4, 0.5) is 0 Å². The van der Waals surface area contributed by atoms with E-state index in [1.807, 2.05) is 6.26 Å². The van der Waals surface area contributed by atoms with Gasteiger partial charge in [0.2, 0.25) is 11.8 Å². The third-order valence-electron chi connectivity index (χ3n) is 4.02. The predicted octanol–water partition coefficient (Wildman–Crippen LogP) is -0.550. The predicted molar refractivity (Wildman–Crippen MR) is 106 cm³/mol. The van der Waals surface area contributed by atoms with Crippen molar-refractivity contribution in [2.24, 2.45) is 5.73 Å². The highest BCUT2D eigenvalue weighted by atomic mass is 32.2. The SMILES string of the molecule is CSCCC(N)C(=O)NC(C(=O)NC(Cc1ccc(O)cc1)C(=O)O)C(C)O. The maximum absolute atomic E-state index is 12.5. The minimum Gasteiger partial charge on any atom is -0.508 e. The van der Waals surface area contributed by atoms with E-state index in [4.69, 9.17) is 5.73 Å². The summed E-state index contributed by atoms with van der Waals surface area (Å²) in [5.74, 6) is -2.00. The van der Waals surface area contributed by atoms with Crippen molar-refractivity contribution in [1.82, 2.24) is 10.6 Å². The molecule has 7 N–H and O–H groups in total. The molecule has 0 saturated carbocycles. The lowest BCUT2D eigenvalue weighted by Crippen LogP contribution is -2.58. The average molecular weight is 413 g/mol. The van der Waals surface area contributed by atoms with E-state index in [1.54, 1.807) is 0 Å². The highest BCUT2D eigenvalue weighted by Crippen LogP contribution is 2.12. The van der Waals surface area contributed by atoms with Crippen LogP contribution in [0.25, 0.3) is 0 Å². The number of phenols is 1. The first-order chi connectivity index (χ1) is 13.1. The molecule has 0 aliphatic carbocycles. The van der Waals surface area contributed by atoms with Gasteiger partial charge in [-0.25, -0.2) is 4.79 Å². The molecular weight excluding hydrogens is 386 g/mol. The smallest absolute Gasteiger partial charge is 0.326 e. The van der Waals surface area contributed by atoms with Crippen LogP contribution in [0.2, 0.25) is 0 Å². The van der Waals surface area contributed by atoms with Crippen molar-refractivity contribution in [2.45, 2.75) is 44.0 Å². The van der Waals surface area contributed by atoms with Crippen LogP contribution >= 0.6 is 11.8 Å². The van der Waals surface area contributed by atoms with Crippen molar-refractivity contribution < 1.29 is 29.7 Å². The fraction of sp³-hybridized carbons (Fsp3) is 0.500. The summed E-state index contributed by atoms with van der Waals surface area (Å²) in [6.07, 6.45) is 0.992. The number of aliphatic hydroxyl groups excluding tert-OH is 1. The first-order valence-electron chi connectivity index (χ1n) is 8.69. The van der Waals surface area contributed by atoms with E-state index < -0.39 is 42.0 Å². The number of carboxylic acids is 1. The van der Waals surface area contributed by atoms with E-state index in [2.05, 4.69) is 10.6 Å². The average Bonchev–Trinajstić information content (AvgIpc) is 2.64. The van der Waals surface area contributed by atoms with Gasteiger partial charge >= 0.3 is 5.97 Å². The molecule has 1 rings (SSSR count). The molecule has 0 spiro atoms. The van der Waals surface area contributed by atoms with Crippen LogP contribution < -0.4 is 16.4 Å². The van der Waals surface area contributed by atoms with Gasteiger partial charge in [-0.3, -0.25) is 9.59 Å². The van der Waals surface area contributed by atoms with Crippen LogP contribution in [0.1, 0.15) is 18.9 Å². The van der Waals surface area contributed by atoms with Gasteiger partial charge in [0.05, 0.1) is 12.1 Å². The van der Waals surface area contributed by atoms with Crippen molar-refractivity contribution in [3.63, 3.8) is 0 Å². The molecule has 1 aromatic rings. The monoisotopic (exact) mass is 413 g/mol. The minimum absolute atomic E-state index is 0.0327. The quantitative estimate of drug-likeness (QED) is 0.281. The fourth-order valence-corrected chi connectivity index (χ4v) is 2.86. The number of nitrogens with one attached hydrogen (secondary N) is 2. The maximum atomic E-state index is 12.5. The molecule has 0 saturated heterocycles. The number of aromatic hydroxyl groups is 1. The highest BCUT2D eigenvalue weighted by molar-refractivity contribution is 7.98. The highest BCUT2D eigenvalue weighted by Gasteiger charge is 2.30. The van der Waals surface area contributed by atoms with Gasteiger partial charge in [0.1, 0.15) is 17.8 Å². The number of aliphatic carboxylic acids is 1. The van der Waals surface area contributed by atoms with E-state index in [0.29, 0.717) is 17.7 Å². The molecule has 0 radical (unpaired) electrons. The van der Waals surface area contributed by atoms with Gasteiger partial charge in [-0.15, -0.1) is 0 Å². The Kier molecular flexibility index (Phi) is 9.77. The number of carbonyl (C=O) groups is 3. The number of hydrogen-bond acceptors (Lipinski definition) is 7. The molecule has 0 fully saturated rings. The Labute approximate surface area is 167 Å². The summed E-state index contributed by atoms with van der Waals surface area (Å²) in [6, 6.07) is 2.44. The molecule has 4 atom stereocenters. The number of rotatable bonds is 11. The lowest BCUT2D eigenvalue weighted by atomic mass is 10.0. The molecule has 4 unspecified atom stereocenters. The van der Waals surface area contributed by atoms with Crippen LogP contribution in [-0.4, -0.2) is 69.3 Å². The molecule has 28 heavy (non-hydrogen) atoms. The zero-order chi connectivity index (χ0) is 21.3. The van der Waals surface area contributed by atoms with Gasteiger partial charge in [-0.2, -0.15) is 11.8 Å². The number of thioether (sulfide) groups is 1. The lowest BCUT2D eigenvalue weighted by molar-refractivity contribution is -0.142. The molecule has 0 aromatic heterocycles. The van der Waals surface area contributed by atoms with Crippen molar-refractivity contribution in [2.75, 3.05) is 12.0 Å². The lowest BCUT2D eigenvalue weighted by Gasteiger charge is -2.24. The van der Waals surface area contributed by atoms with Crippen LogP contribution in [0.5, 0.6) is 5.75 Å². The van der Waals surface area contributed by atoms with Crippen molar-refractivity contribution in [1.29, 1.82) is 0 Å². The van der Waals surface area contributed by atoms with E-state index in [1.165, 1.54) is 43.0 Å². The minimum atomic E-state index is -1.34. The van der Waals surface area contributed by atoms with Crippen molar-refractivity contribution in [3.8, 4) is 5.75 Å². The summed E-state index contributed by atoms with van der Waals surface area (Å²) in [7, 11) is 0. The molecular formula is C18H27N3O6S. The number of nitrogens with two attached hydrogens (primary N) is 1.